The van der Waals surface area contributed by atoms with E-state index in [2.05, 4.69) is 65.5 Å². The first-order chi connectivity index (χ1) is 10.1. The minimum atomic E-state index is 0.106. The van der Waals surface area contributed by atoms with E-state index >= 15 is 0 Å². The summed E-state index contributed by atoms with van der Waals surface area (Å²) in [4.78, 5) is 9.09. The summed E-state index contributed by atoms with van der Waals surface area (Å²) < 4.78 is 4.06. The highest BCUT2D eigenvalue weighted by atomic mass is 79.9. The van der Waals surface area contributed by atoms with E-state index in [1.54, 1.807) is 6.20 Å². The lowest BCUT2D eigenvalue weighted by molar-refractivity contribution is 0.628. The van der Waals surface area contributed by atoms with Crippen LogP contribution in [-0.2, 0) is 5.88 Å². The molecule has 0 bridgehead atoms. The van der Waals surface area contributed by atoms with Crippen LogP contribution in [0.25, 0.3) is 11.2 Å². The van der Waals surface area contributed by atoms with E-state index < -0.39 is 0 Å². The van der Waals surface area contributed by atoms with Crippen LogP contribution in [0.15, 0.2) is 45.5 Å². The molecule has 0 amide bonds. The number of hydrogen-bond donors (Lipinski definition) is 0. The number of nitrogens with zero attached hydrogens (tertiary/aromatic N) is 3. The lowest BCUT2D eigenvalue weighted by Crippen LogP contribution is -2.10. The largest absolute Gasteiger partial charge is 0.304 e. The van der Waals surface area contributed by atoms with Crippen molar-refractivity contribution in [2.45, 2.75) is 18.8 Å². The monoisotopic (exact) mass is 427 g/mol. The number of rotatable bonds is 3. The third-order valence-corrected chi connectivity index (χ3v) is 4.57. The van der Waals surface area contributed by atoms with Crippen LogP contribution < -0.4 is 0 Å². The fraction of sp³-hybridized carbons (Fsp3) is 0.200. The fourth-order valence-corrected chi connectivity index (χ4v) is 3.35. The van der Waals surface area contributed by atoms with Crippen molar-refractivity contribution in [2.24, 2.45) is 0 Å². The van der Waals surface area contributed by atoms with Gasteiger partial charge in [-0.1, -0.05) is 28.1 Å². The molecule has 0 saturated heterocycles. The summed E-state index contributed by atoms with van der Waals surface area (Å²) in [5, 5.41) is 0. The van der Waals surface area contributed by atoms with Crippen LogP contribution in [0.4, 0.5) is 0 Å². The molecule has 0 aliphatic heterocycles. The van der Waals surface area contributed by atoms with Gasteiger partial charge in [-0.2, -0.15) is 0 Å². The third-order valence-electron chi connectivity index (χ3n) is 3.41. The normalized spacial score (nSPS) is 12.8. The van der Waals surface area contributed by atoms with Crippen molar-refractivity contribution >= 4 is 54.6 Å². The van der Waals surface area contributed by atoms with Gasteiger partial charge in [0.05, 0.1) is 11.9 Å². The highest BCUT2D eigenvalue weighted by Gasteiger charge is 2.18. The van der Waals surface area contributed by atoms with Crippen LogP contribution in [0.5, 0.6) is 0 Å². The first-order valence-corrected chi connectivity index (χ1v) is 8.56. The lowest BCUT2D eigenvalue weighted by atomic mass is 10.1. The molecule has 3 aromatic rings. The summed E-state index contributed by atoms with van der Waals surface area (Å²) in [5.74, 6) is 1.18. The number of alkyl halides is 1. The lowest BCUT2D eigenvalue weighted by Gasteiger charge is -2.17. The Labute approximate surface area is 144 Å². The first-order valence-electron chi connectivity index (χ1n) is 6.44. The van der Waals surface area contributed by atoms with Gasteiger partial charge in [0.25, 0.3) is 0 Å². The van der Waals surface area contributed by atoms with E-state index in [4.69, 9.17) is 11.6 Å². The molecule has 0 aliphatic carbocycles. The highest BCUT2D eigenvalue weighted by molar-refractivity contribution is 9.10. The molecule has 0 spiro atoms. The van der Waals surface area contributed by atoms with Crippen molar-refractivity contribution in [3.05, 3.63) is 56.9 Å². The molecule has 0 fully saturated rings. The van der Waals surface area contributed by atoms with Crippen molar-refractivity contribution in [3.63, 3.8) is 0 Å². The van der Waals surface area contributed by atoms with Gasteiger partial charge in [-0.25, -0.2) is 9.97 Å². The number of halogens is 3. The average Bonchev–Trinajstić information content (AvgIpc) is 2.83. The Hall–Kier alpha value is -0.910. The molecule has 2 aromatic heterocycles. The van der Waals surface area contributed by atoms with Crippen LogP contribution in [-0.4, -0.2) is 14.5 Å². The van der Waals surface area contributed by atoms with Crippen molar-refractivity contribution in [3.8, 4) is 0 Å². The molecule has 21 heavy (non-hydrogen) atoms. The predicted octanol–water partition coefficient (Wildman–Crippen LogP) is 5.30. The number of hydrogen-bond acceptors (Lipinski definition) is 2. The number of benzene rings is 1. The van der Waals surface area contributed by atoms with Crippen LogP contribution >= 0.6 is 43.5 Å². The second-order valence-corrected chi connectivity index (χ2v) is 6.86. The van der Waals surface area contributed by atoms with E-state index in [0.717, 1.165) is 25.9 Å². The van der Waals surface area contributed by atoms with Crippen molar-refractivity contribution in [1.29, 1.82) is 0 Å². The molecule has 0 saturated carbocycles. The zero-order valence-electron chi connectivity index (χ0n) is 11.2. The molecular weight excluding hydrogens is 417 g/mol. The van der Waals surface area contributed by atoms with Gasteiger partial charge in [0.15, 0.2) is 5.65 Å². The van der Waals surface area contributed by atoms with Gasteiger partial charge in [0, 0.05) is 15.1 Å². The Bertz CT molecular complexity index is 801. The molecule has 6 heteroatoms. The number of aromatic nitrogens is 3. The summed E-state index contributed by atoms with van der Waals surface area (Å²) in [5.41, 5.74) is 2.88. The Kier molecular flexibility index (Phi) is 4.33. The van der Waals surface area contributed by atoms with Crippen LogP contribution in [0.2, 0.25) is 0 Å². The maximum atomic E-state index is 6.07. The van der Waals surface area contributed by atoms with E-state index in [-0.39, 0.29) is 6.04 Å². The molecule has 0 N–H and O–H groups in total. The molecule has 1 aromatic carbocycles. The average molecular weight is 430 g/mol. The number of pyridine rings is 1. The molecule has 108 valence electrons. The fourth-order valence-electron chi connectivity index (χ4n) is 2.42. The van der Waals surface area contributed by atoms with Crippen LogP contribution in [0, 0.1) is 0 Å². The molecular formula is C15H12Br2ClN3. The summed E-state index contributed by atoms with van der Waals surface area (Å²) in [6.07, 6.45) is 1.78. The maximum Gasteiger partial charge on any atom is 0.160 e. The Balaban J connectivity index is 2.18. The standard InChI is InChI=1S/C15H12Br2ClN3/c1-9(10-3-2-4-11(16)5-10)21-14(7-18)20-13-6-12(17)8-19-15(13)21/h2-6,8-9H,7H2,1H3. The Morgan fingerprint density at radius 3 is 2.76 bits per heavy atom. The van der Waals surface area contributed by atoms with Gasteiger partial charge in [0.2, 0.25) is 0 Å². The zero-order valence-corrected chi connectivity index (χ0v) is 15.2. The number of imidazole rings is 1. The van der Waals surface area contributed by atoms with Gasteiger partial charge in [0.1, 0.15) is 11.3 Å². The smallest absolute Gasteiger partial charge is 0.160 e. The zero-order chi connectivity index (χ0) is 15.0. The third kappa shape index (κ3) is 2.87. The second-order valence-electron chi connectivity index (χ2n) is 4.76. The minimum absolute atomic E-state index is 0.106. The molecule has 2 heterocycles. The van der Waals surface area contributed by atoms with Gasteiger partial charge in [-0.05, 0) is 46.6 Å². The van der Waals surface area contributed by atoms with E-state index in [1.165, 1.54) is 5.56 Å². The predicted molar refractivity (Wildman–Crippen MR) is 92.7 cm³/mol. The van der Waals surface area contributed by atoms with Gasteiger partial charge in [-0.15, -0.1) is 11.6 Å². The topological polar surface area (TPSA) is 30.7 Å². The summed E-state index contributed by atoms with van der Waals surface area (Å²) >= 11 is 13.0. The highest BCUT2D eigenvalue weighted by Crippen LogP contribution is 2.28. The maximum absolute atomic E-state index is 6.07. The molecule has 3 rings (SSSR count). The molecule has 3 nitrogen and oxygen atoms in total. The van der Waals surface area contributed by atoms with E-state index in [9.17, 15) is 0 Å². The van der Waals surface area contributed by atoms with Crippen molar-refractivity contribution in [1.82, 2.24) is 14.5 Å². The minimum Gasteiger partial charge on any atom is -0.304 e. The summed E-state index contributed by atoms with van der Waals surface area (Å²) in [6.45, 7) is 2.13. The second kappa shape index (κ2) is 6.07. The van der Waals surface area contributed by atoms with Gasteiger partial charge in [-0.3, -0.25) is 0 Å². The molecule has 0 aliphatic rings. The van der Waals surface area contributed by atoms with Gasteiger partial charge >= 0.3 is 0 Å². The van der Waals surface area contributed by atoms with Gasteiger partial charge < -0.3 is 4.57 Å². The Morgan fingerprint density at radius 1 is 1.24 bits per heavy atom. The number of fused-ring (bicyclic) bond motifs is 1. The van der Waals surface area contributed by atoms with Crippen LogP contribution in [0.3, 0.4) is 0 Å². The van der Waals surface area contributed by atoms with E-state index in [0.29, 0.717) is 5.88 Å². The first kappa shape index (κ1) is 15.0. The van der Waals surface area contributed by atoms with Crippen molar-refractivity contribution in [2.75, 3.05) is 0 Å². The van der Waals surface area contributed by atoms with Crippen LogP contribution in [0.1, 0.15) is 24.4 Å². The summed E-state index contributed by atoms with van der Waals surface area (Å²) in [7, 11) is 0. The quantitative estimate of drug-likeness (QED) is 0.529. The van der Waals surface area contributed by atoms with E-state index in [1.807, 2.05) is 18.2 Å². The van der Waals surface area contributed by atoms with Crippen molar-refractivity contribution < 1.29 is 0 Å². The SMILES string of the molecule is CC(c1cccc(Br)c1)n1c(CCl)nc2cc(Br)cnc21. The summed E-state index contributed by atoms with van der Waals surface area (Å²) in [6, 6.07) is 10.3. The Morgan fingerprint density at radius 2 is 2.05 bits per heavy atom. The molecule has 1 atom stereocenters. The molecule has 0 radical (unpaired) electrons. The molecule has 1 unspecified atom stereocenters.